The Morgan fingerprint density at radius 2 is 2.06 bits per heavy atom. The van der Waals surface area contributed by atoms with Crippen molar-refractivity contribution in [3.63, 3.8) is 0 Å². The second-order valence-electron chi connectivity index (χ2n) is 4.93. The highest BCUT2D eigenvalue weighted by atomic mass is 35.5. The molecule has 0 bridgehead atoms. The van der Waals surface area contributed by atoms with E-state index in [2.05, 4.69) is 18.2 Å². The summed E-state index contributed by atoms with van der Waals surface area (Å²) >= 11 is 6.28. The van der Waals surface area contributed by atoms with E-state index in [0.29, 0.717) is 13.2 Å². The van der Waals surface area contributed by atoms with Gasteiger partial charge in [-0.3, -0.25) is 0 Å². The molecule has 0 heterocycles. The molecule has 2 N–H and O–H groups in total. The van der Waals surface area contributed by atoms with Crippen LogP contribution in [0.25, 0.3) is 0 Å². The summed E-state index contributed by atoms with van der Waals surface area (Å²) in [6, 6.07) is 6.31. The molecule has 0 aliphatic heterocycles. The van der Waals surface area contributed by atoms with Gasteiger partial charge in [-0.15, -0.1) is 0 Å². The van der Waals surface area contributed by atoms with Gasteiger partial charge in [0.15, 0.2) is 0 Å². The highest BCUT2D eigenvalue weighted by Gasteiger charge is 2.34. The van der Waals surface area contributed by atoms with Crippen LogP contribution in [-0.2, 0) is 16.8 Å². The van der Waals surface area contributed by atoms with E-state index in [4.69, 9.17) is 22.1 Å². The van der Waals surface area contributed by atoms with Crippen molar-refractivity contribution < 1.29 is 4.74 Å². The Hall–Kier alpha value is -0.570. The summed E-state index contributed by atoms with van der Waals surface area (Å²) in [6.45, 7) is 1.28. The molecule has 2 rings (SSSR count). The minimum absolute atomic E-state index is 0.162. The van der Waals surface area contributed by atoms with Crippen molar-refractivity contribution in [2.24, 2.45) is 5.73 Å². The first kappa shape index (κ1) is 12.9. The van der Waals surface area contributed by atoms with Crippen LogP contribution in [0.2, 0.25) is 5.02 Å². The van der Waals surface area contributed by atoms with E-state index < -0.39 is 0 Å². The number of methoxy groups -OCH3 is 1. The molecule has 0 spiro atoms. The third-order valence-corrected chi connectivity index (χ3v) is 4.27. The van der Waals surface area contributed by atoms with Crippen LogP contribution >= 0.6 is 11.6 Å². The van der Waals surface area contributed by atoms with Gasteiger partial charge >= 0.3 is 0 Å². The van der Waals surface area contributed by atoms with Gasteiger partial charge in [0.05, 0.1) is 6.61 Å². The zero-order chi connectivity index (χ0) is 12.3. The van der Waals surface area contributed by atoms with Crippen LogP contribution in [0.4, 0.5) is 0 Å². The lowest BCUT2D eigenvalue weighted by Crippen LogP contribution is -2.32. The number of nitrogens with two attached hydrogens (primary N) is 1. The van der Waals surface area contributed by atoms with Crippen molar-refractivity contribution in [1.82, 2.24) is 0 Å². The standard InChI is InChI=1S/C14H20ClNO/c1-17-9-11-4-5-12(8-13(11)15)14(10-16)6-2-3-7-14/h4-5,8H,2-3,6-7,9-10,16H2,1H3. The minimum Gasteiger partial charge on any atom is -0.380 e. The smallest absolute Gasteiger partial charge is 0.0727 e. The topological polar surface area (TPSA) is 35.2 Å². The largest absolute Gasteiger partial charge is 0.380 e. The molecule has 1 fully saturated rings. The zero-order valence-electron chi connectivity index (χ0n) is 10.3. The van der Waals surface area contributed by atoms with Crippen molar-refractivity contribution in [2.45, 2.75) is 37.7 Å². The molecule has 3 heteroatoms. The van der Waals surface area contributed by atoms with Crippen LogP contribution < -0.4 is 5.73 Å². The first-order valence-corrected chi connectivity index (χ1v) is 6.57. The van der Waals surface area contributed by atoms with Gasteiger partial charge in [-0.25, -0.2) is 0 Å². The van der Waals surface area contributed by atoms with Crippen LogP contribution in [-0.4, -0.2) is 13.7 Å². The van der Waals surface area contributed by atoms with E-state index in [1.165, 1.54) is 31.2 Å². The minimum atomic E-state index is 0.162. The molecule has 1 aliphatic rings. The van der Waals surface area contributed by atoms with Gasteiger partial charge in [0, 0.05) is 24.1 Å². The molecule has 2 nitrogen and oxygen atoms in total. The van der Waals surface area contributed by atoms with Crippen LogP contribution in [0, 0.1) is 0 Å². The van der Waals surface area contributed by atoms with E-state index in [9.17, 15) is 0 Å². The van der Waals surface area contributed by atoms with E-state index in [-0.39, 0.29) is 5.41 Å². The highest BCUT2D eigenvalue weighted by molar-refractivity contribution is 6.31. The number of benzene rings is 1. The van der Waals surface area contributed by atoms with Crippen molar-refractivity contribution >= 4 is 11.6 Å². The molecule has 1 aromatic carbocycles. The number of hydrogen-bond donors (Lipinski definition) is 1. The lowest BCUT2D eigenvalue weighted by Gasteiger charge is -2.28. The molecule has 0 aromatic heterocycles. The third-order valence-electron chi connectivity index (χ3n) is 3.92. The molecule has 0 saturated heterocycles. The van der Waals surface area contributed by atoms with Gasteiger partial charge in [-0.2, -0.15) is 0 Å². The average molecular weight is 254 g/mol. The first-order valence-electron chi connectivity index (χ1n) is 6.20. The Balaban J connectivity index is 2.30. The quantitative estimate of drug-likeness (QED) is 0.894. The molecule has 0 amide bonds. The molecule has 1 aromatic rings. The number of halogens is 1. The summed E-state index contributed by atoms with van der Waals surface area (Å²) in [5.41, 5.74) is 8.48. The average Bonchev–Trinajstić information content (AvgIpc) is 2.82. The summed E-state index contributed by atoms with van der Waals surface area (Å²) in [5.74, 6) is 0. The van der Waals surface area contributed by atoms with Gasteiger partial charge in [-0.1, -0.05) is 36.6 Å². The van der Waals surface area contributed by atoms with Gasteiger partial charge in [0.2, 0.25) is 0 Å². The normalized spacial score (nSPS) is 18.5. The predicted octanol–water partition coefficient (Wildman–Crippen LogP) is 3.26. The van der Waals surface area contributed by atoms with E-state index in [1.54, 1.807) is 7.11 Å². The van der Waals surface area contributed by atoms with E-state index >= 15 is 0 Å². The molecule has 0 radical (unpaired) electrons. The Labute approximate surface area is 108 Å². The number of ether oxygens (including phenoxy) is 1. The Kier molecular flexibility index (Phi) is 4.08. The van der Waals surface area contributed by atoms with Gasteiger partial charge in [-0.05, 0) is 30.0 Å². The summed E-state index contributed by atoms with van der Waals surface area (Å²) in [5, 5.41) is 0.795. The van der Waals surface area contributed by atoms with Gasteiger partial charge in [0.25, 0.3) is 0 Å². The van der Waals surface area contributed by atoms with Crippen molar-refractivity contribution in [3.05, 3.63) is 34.3 Å². The summed E-state index contributed by atoms with van der Waals surface area (Å²) in [4.78, 5) is 0. The van der Waals surface area contributed by atoms with Crippen molar-refractivity contribution in [3.8, 4) is 0 Å². The predicted molar refractivity (Wildman–Crippen MR) is 71.4 cm³/mol. The second-order valence-corrected chi connectivity index (χ2v) is 5.34. The van der Waals surface area contributed by atoms with E-state index in [1.807, 2.05) is 0 Å². The van der Waals surface area contributed by atoms with E-state index in [0.717, 1.165) is 10.6 Å². The summed E-state index contributed by atoms with van der Waals surface area (Å²) in [6.07, 6.45) is 4.91. The fourth-order valence-electron chi connectivity index (χ4n) is 2.81. The molecular formula is C14H20ClNO. The maximum absolute atomic E-state index is 6.28. The van der Waals surface area contributed by atoms with Crippen LogP contribution in [0.1, 0.15) is 36.8 Å². The Morgan fingerprint density at radius 1 is 1.35 bits per heavy atom. The van der Waals surface area contributed by atoms with Crippen molar-refractivity contribution in [2.75, 3.05) is 13.7 Å². The van der Waals surface area contributed by atoms with Crippen molar-refractivity contribution in [1.29, 1.82) is 0 Å². The Bertz CT molecular complexity index is 386. The van der Waals surface area contributed by atoms with Crippen LogP contribution in [0.15, 0.2) is 18.2 Å². The van der Waals surface area contributed by atoms with Crippen LogP contribution in [0.3, 0.4) is 0 Å². The molecule has 94 valence electrons. The zero-order valence-corrected chi connectivity index (χ0v) is 11.1. The van der Waals surface area contributed by atoms with Gasteiger partial charge in [0.1, 0.15) is 0 Å². The third kappa shape index (κ3) is 2.49. The maximum atomic E-state index is 6.28. The monoisotopic (exact) mass is 253 g/mol. The number of rotatable bonds is 4. The highest BCUT2D eigenvalue weighted by Crippen LogP contribution is 2.41. The van der Waals surface area contributed by atoms with Crippen LogP contribution in [0.5, 0.6) is 0 Å². The second kappa shape index (κ2) is 5.38. The fourth-order valence-corrected chi connectivity index (χ4v) is 3.05. The molecule has 0 atom stereocenters. The molecular weight excluding hydrogens is 234 g/mol. The maximum Gasteiger partial charge on any atom is 0.0727 e. The SMILES string of the molecule is COCc1ccc(C2(CN)CCCC2)cc1Cl. The molecule has 1 saturated carbocycles. The lowest BCUT2D eigenvalue weighted by atomic mass is 9.79. The molecule has 17 heavy (non-hydrogen) atoms. The fraction of sp³-hybridized carbons (Fsp3) is 0.571. The number of hydrogen-bond acceptors (Lipinski definition) is 2. The molecule has 0 unspecified atom stereocenters. The first-order chi connectivity index (χ1) is 8.22. The Morgan fingerprint density at radius 3 is 2.59 bits per heavy atom. The summed E-state index contributed by atoms with van der Waals surface area (Å²) < 4.78 is 5.12. The summed E-state index contributed by atoms with van der Waals surface area (Å²) in [7, 11) is 1.68. The molecule has 1 aliphatic carbocycles. The lowest BCUT2D eigenvalue weighted by molar-refractivity contribution is 0.185. The van der Waals surface area contributed by atoms with Gasteiger partial charge < -0.3 is 10.5 Å².